The van der Waals surface area contributed by atoms with E-state index in [1.165, 1.54) is 0 Å². The summed E-state index contributed by atoms with van der Waals surface area (Å²) in [7, 11) is 3.40. The topological polar surface area (TPSA) is 58.6 Å². The predicted molar refractivity (Wildman–Crippen MR) is 110 cm³/mol. The maximum absolute atomic E-state index is 12.6. The monoisotopic (exact) mass is 378 g/mol. The molecule has 3 rings (SSSR count). The summed E-state index contributed by atoms with van der Waals surface area (Å²) < 4.78 is 5.40. The Morgan fingerprint density at radius 2 is 1.82 bits per heavy atom. The van der Waals surface area contributed by atoms with Crippen LogP contribution < -0.4 is 10.1 Å². The number of rotatable bonds is 7. The fourth-order valence-electron chi connectivity index (χ4n) is 2.94. The van der Waals surface area contributed by atoms with Crippen LogP contribution in [0.2, 0.25) is 0 Å². The number of hydrogen-bond donors (Lipinski definition) is 1. The van der Waals surface area contributed by atoms with Crippen molar-refractivity contribution in [2.24, 2.45) is 0 Å². The normalized spacial score (nSPS) is 14.5. The SMILES string of the molecule is COc1ccccc1C(C)N(C)C(=O)/C=C/c1ccc(C(=O)NC2CC2)cc1. The summed E-state index contributed by atoms with van der Waals surface area (Å²) in [5.41, 5.74) is 2.47. The first kappa shape index (κ1) is 19.7. The van der Waals surface area contributed by atoms with Crippen molar-refractivity contribution in [1.82, 2.24) is 10.2 Å². The molecule has 0 radical (unpaired) electrons. The highest BCUT2D eigenvalue weighted by Crippen LogP contribution is 2.28. The molecule has 1 N–H and O–H groups in total. The van der Waals surface area contributed by atoms with Crippen LogP contribution in [0.3, 0.4) is 0 Å². The van der Waals surface area contributed by atoms with Crippen molar-refractivity contribution < 1.29 is 14.3 Å². The molecule has 28 heavy (non-hydrogen) atoms. The zero-order valence-electron chi connectivity index (χ0n) is 16.5. The van der Waals surface area contributed by atoms with Gasteiger partial charge in [0, 0.05) is 30.3 Å². The summed E-state index contributed by atoms with van der Waals surface area (Å²) in [6.07, 6.45) is 5.44. The molecule has 146 valence electrons. The van der Waals surface area contributed by atoms with E-state index in [0.29, 0.717) is 11.6 Å². The molecule has 0 saturated heterocycles. The molecule has 0 spiro atoms. The lowest BCUT2D eigenvalue weighted by atomic mass is 10.1. The summed E-state index contributed by atoms with van der Waals surface area (Å²) in [5.74, 6) is 0.618. The van der Waals surface area contributed by atoms with Crippen molar-refractivity contribution in [3.8, 4) is 5.75 Å². The number of carbonyl (C=O) groups is 2. The minimum absolute atomic E-state index is 0.0422. The number of benzene rings is 2. The number of hydrogen-bond acceptors (Lipinski definition) is 3. The molecule has 0 aliphatic heterocycles. The maximum atomic E-state index is 12.6. The number of ether oxygens (including phenoxy) is 1. The molecule has 2 aromatic carbocycles. The number of likely N-dealkylation sites (N-methyl/N-ethyl adjacent to an activating group) is 1. The van der Waals surface area contributed by atoms with Gasteiger partial charge in [-0.2, -0.15) is 0 Å². The van der Waals surface area contributed by atoms with Crippen LogP contribution in [-0.2, 0) is 4.79 Å². The van der Waals surface area contributed by atoms with Crippen LogP contribution in [-0.4, -0.2) is 36.9 Å². The van der Waals surface area contributed by atoms with Gasteiger partial charge in [0.15, 0.2) is 0 Å². The van der Waals surface area contributed by atoms with E-state index in [0.717, 1.165) is 29.7 Å². The van der Waals surface area contributed by atoms with E-state index in [1.54, 1.807) is 43.3 Å². The molecule has 1 saturated carbocycles. The van der Waals surface area contributed by atoms with E-state index < -0.39 is 0 Å². The Bertz CT molecular complexity index is 870. The average Bonchev–Trinajstić information content (AvgIpc) is 3.55. The molecule has 2 aromatic rings. The fourth-order valence-corrected chi connectivity index (χ4v) is 2.94. The minimum Gasteiger partial charge on any atom is -0.496 e. The van der Waals surface area contributed by atoms with Gasteiger partial charge in [-0.1, -0.05) is 30.3 Å². The third kappa shape index (κ3) is 4.80. The van der Waals surface area contributed by atoms with Crippen LogP contribution >= 0.6 is 0 Å². The van der Waals surface area contributed by atoms with Crippen LogP contribution in [0.5, 0.6) is 5.75 Å². The van der Waals surface area contributed by atoms with Crippen molar-refractivity contribution >= 4 is 17.9 Å². The largest absolute Gasteiger partial charge is 0.496 e. The van der Waals surface area contributed by atoms with Gasteiger partial charge in [0.05, 0.1) is 13.2 Å². The van der Waals surface area contributed by atoms with E-state index in [2.05, 4.69) is 5.32 Å². The van der Waals surface area contributed by atoms with E-state index in [-0.39, 0.29) is 17.9 Å². The lowest BCUT2D eigenvalue weighted by Crippen LogP contribution is -2.28. The van der Waals surface area contributed by atoms with E-state index >= 15 is 0 Å². The first-order valence-corrected chi connectivity index (χ1v) is 9.48. The number of para-hydroxylation sites is 1. The molecule has 0 aromatic heterocycles. The summed E-state index contributed by atoms with van der Waals surface area (Å²) in [5, 5.41) is 2.96. The molecule has 5 nitrogen and oxygen atoms in total. The molecule has 0 bridgehead atoms. The van der Waals surface area contributed by atoms with E-state index in [1.807, 2.05) is 43.3 Å². The molecule has 1 aliphatic carbocycles. The van der Waals surface area contributed by atoms with Crippen LogP contribution in [0.4, 0.5) is 0 Å². The number of nitrogens with one attached hydrogen (secondary N) is 1. The molecule has 1 atom stereocenters. The van der Waals surface area contributed by atoms with Gasteiger partial charge < -0.3 is 15.0 Å². The van der Waals surface area contributed by atoms with Crippen LogP contribution in [0.15, 0.2) is 54.6 Å². The molecular formula is C23H26N2O3. The van der Waals surface area contributed by atoms with Gasteiger partial charge in [-0.25, -0.2) is 0 Å². The third-order valence-corrected chi connectivity index (χ3v) is 5.02. The smallest absolute Gasteiger partial charge is 0.251 e. The Kier molecular flexibility index (Phi) is 6.14. The molecular weight excluding hydrogens is 352 g/mol. The molecule has 0 heterocycles. The highest BCUT2D eigenvalue weighted by atomic mass is 16.5. The number of nitrogens with zero attached hydrogens (tertiary/aromatic N) is 1. The Balaban J connectivity index is 1.62. The second-order valence-corrected chi connectivity index (χ2v) is 7.07. The summed E-state index contributed by atoms with van der Waals surface area (Å²) in [4.78, 5) is 26.3. The Morgan fingerprint density at radius 1 is 1.14 bits per heavy atom. The van der Waals surface area contributed by atoms with Crippen molar-refractivity contribution in [2.75, 3.05) is 14.2 Å². The van der Waals surface area contributed by atoms with Gasteiger partial charge in [-0.3, -0.25) is 9.59 Å². The second-order valence-electron chi connectivity index (χ2n) is 7.07. The Morgan fingerprint density at radius 3 is 2.46 bits per heavy atom. The van der Waals surface area contributed by atoms with Crippen LogP contribution in [0, 0.1) is 0 Å². The first-order chi connectivity index (χ1) is 13.5. The molecule has 5 heteroatoms. The fraction of sp³-hybridized carbons (Fsp3) is 0.304. The van der Waals surface area contributed by atoms with Gasteiger partial charge in [0.1, 0.15) is 5.75 Å². The lowest BCUT2D eigenvalue weighted by molar-refractivity contribution is -0.126. The molecule has 1 fully saturated rings. The zero-order valence-corrected chi connectivity index (χ0v) is 16.5. The third-order valence-electron chi connectivity index (χ3n) is 5.02. The highest BCUT2D eigenvalue weighted by molar-refractivity contribution is 5.95. The number of carbonyl (C=O) groups excluding carboxylic acids is 2. The average molecular weight is 378 g/mol. The minimum atomic E-state index is -0.123. The Labute approximate surface area is 166 Å². The highest BCUT2D eigenvalue weighted by Gasteiger charge is 2.23. The van der Waals surface area contributed by atoms with Gasteiger partial charge in [0.25, 0.3) is 5.91 Å². The number of methoxy groups -OCH3 is 1. The molecule has 1 unspecified atom stereocenters. The quantitative estimate of drug-likeness (QED) is 0.745. The summed E-state index contributed by atoms with van der Waals surface area (Å²) in [6.45, 7) is 1.97. The molecule has 2 amide bonds. The maximum Gasteiger partial charge on any atom is 0.251 e. The van der Waals surface area contributed by atoms with Crippen molar-refractivity contribution in [3.05, 3.63) is 71.3 Å². The predicted octanol–water partition coefficient (Wildman–Crippen LogP) is 3.82. The zero-order chi connectivity index (χ0) is 20.1. The molecule has 1 aliphatic rings. The summed E-state index contributed by atoms with van der Waals surface area (Å²) >= 11 is 0. The van der Waals surface area contributed by atoms with Crippen molar-refractivity contribution in [2.45, 2.75) is 31.8 Å². The van der Waals surface area contributed by atoms with Crippen LogP contribution in [0.1, 0.15) is 47.3 Å². The van der Waals surface area contributed by atoms with Gasteiger partial charge in [-0.05, 0) is 49.6 Å². The Hall–Kier alpha value is -3.08. The van der Waals surface area contributed by atoms with Gasteiger partial charge in [-0.15, -0.1) is 0 Å². The summed E-state index contributed by atoms with van der Waals surface area (Å²) in [6, 6.07) is 15.2. The second kappa shape index (κ2) is 8.74. The van der Waals surface area contributed by atoms with E-state index in [9.17, 15) is 9.59 Å². The van der Waals surface area contributed by atoms with Crippen molar-refractivity contribution in [1.29, 1.82) is 0 Å². The first-order valence-electron chi connectivity index (χ1n) is 9.48. The lowest BCUT2D eigenvalue weighted by Gasteiger charge is -2.25. The standard InChI is InChI=1S/C23H26N2O3/c1-16(20-6-4-5-7-21(20)28-3)25(2)22(26)15-10-17-8-11-18(12-9-17)23(27)24-19-13-14-19/h4-12,15-16,19H,13-14H2,1-3H3,(H,24,27)/b15-10+. The van der Waals surface area contributed by atoms with Crippen LogP contribution in [0.25, 0.3) is 6.08 Å². The number of amides is 2. The van der Waals surface area contributed by atoms with E-state index in [4.69, 9.17) is 4.74 Å². The van der Waals surface area contributed by atoms with Crippen molar-refractivity contribution in [3.63, 3.8) is 0 Å². The van der Waals surface area contributed by atoms with Gasteiger partial charge in [0.2, 0.25) is 5.91 Å². The van der Waals surface area contributed by atoms with Gasteiger partial charge >= 0.3 is 0 Å².